The van der Waals surface area contributed by atoms with Gasteiger partial charge in [0.25, 0.3) is 0 Å². The van der Waals surface area contributed by atoms with E-state index in [1.165, 1.54) is 0 Å². The van der Waals surface area contributed by atoms with E-state index in [0.717, 1.165) is 29.5 Å². The molecule has 2 rings (SSSR count). The molecular formula is C19H28N2O4S. The highest BCUT2D eigenvalue weighted by molar-refractivity contribution is 7.92. The SMILES string of the molecule is Cc1c(C)c(C)c(S(=O)(=O)CC(=O)N[C@H]2CCCCNC2=O)c(C)c1C. The summed E-state index contributed by atoms with van der Waals surface area (Å²) in [5.74, 6) is -1.54. The first kappa shape index (κ1) is 20.4. The van der Waals surface area contributed by atoms with E-state index in [1.54, 1.807) is 13.8 Å². The van der Waals surface area contributed by atoms with Crippen LogP contribution in [0.4, 0.5) is 0 Å². The second kappa shape index (κ2) is 7.78. The van der Waals surface area contributed by atoms with Crippen molar-refractivity contribution in [2.45, 2.75) is 64.8 Å². The van der Waals surface area contributed by atoms with Gasteiger partial charge in [0.1, 0.15) is 11.8 Å². The molecule has 2 N–H and O–H groups in total. The summed E-state index contributed by atoms with van der Waals surface area (Å²) < 4.78 is 25.9. The summed E-state index contributed by atoms with van der Waals surface area (Å²) in [6.45, 7) is 9.90. The number of rotatable bonds is 4. The second-order valence-electron chi connectivity index (χ2n) is 7.12. The summed E-state index contributed by atoms with van der Waals surface area (Å²) >= 11 is 0. The Hall–Kier alpha value is -1.89. The Bertz CT molecular complexity index is 815. The molecule has 6 nitrogen and oxygen atoms in total. The van der Waals surface area contributed by atoms with Gasteiger partial charge in [0.05, 0.1) is 4.90 Å². The monoisotopic (exact) mass is 380 g/mol. The van der Waals surface area contributed by atoms with Gasteiger partial charge in [-0.2, -0.15) is 0 Å². The lowest BCUT2D eigenvalue weighted by atomic mass is 9.95. The van der Waals surface area contributed by atoms with E-state index in [9.17, 15) is 18.0 Å². The number of sulfone groups is 1. The van der Waals surface area contributed by atoms with Crippen LogP contribution in [0.5, 0.6) is 0 Å². The maximum atomic E-state index is 12.9. The maximum Gasteiger partial charge on any atom is 0.242 e. The molecule has 2 amide bonds. The van der Waals surface area contributed by atoms with Gasteiger partial charge < -0.3 is 10.6 Å². The molecule has 0 radical (unpaired) electrons. The Morgan fingerprint density at radius 2 is 1.54 bits per heavy atom. The number of benzene rings is 1. The van der Waals surface area contributed by atoms with Gasteiger partial charge in [-0.05, 0) is 81.7 Å². The molecule has 1 aliphatic heterocycles. The van der Waals surface area contributed by atoms with E-state index in [2.05, 4.69) is 10.6 Å². The third kappa shape index (κ3) is 4.09. The van der Waals surface area contributed by atoms with E-state index in [1.807, 2.05) is 20.8 Å². The van der Waals surface area contributed by atoms with Gasteiger partial charge in [-0.25, -0.2) is 8.42 Å². The van der Waals surface area contributed by atoms with Gasteiger partial charge in [0.15, 0.2) is 9.84 Å². The highest BCUT2D eigenvalue weighted by Crippen LogP contribution is 2.30. The Morgan fingerprint density at radius 3 is 2.12 bits per heavy atom. The molecule has 1 aliphatic rings. The molecule has 0 saturated carbocycles. The van der Waals surface area contributed by atoms with Crippen molar-refractivity contribution in [2.24, 2.45) is 0 Å². The standard InChI is InChI=1S/C19H28N2O4S/c1-11-12(2)14(4)18(15(5)13(11)3)26(24,25)10-17(22)21-16-8-6-7-9-20-19(16)23/h16H,6-10H2,1-5H3,(H,20,23)(H,21,22)/t16-/m0/s1. The first-order valence-corrected chi connectivity index (χ1v) is 10.6. The second-order valence-corrected chi connectivity index (χ2v) is 9.05. The third-order valence-electron chi connectivity index (χ3n) is 5.43. The van der Waals surface area contributed by atoms with Crippen molar-refractivity contribution in [3.8, 4) is 0 Å². The molecule has 0 aliphatic carbocycles. The fourth-order valence-electron chi connectivity index (χ4n) is 3.49. The van der Waals surface area contributed by atoms with Crippen molar-refractivity contribution in [3.63, 3.8) is 0 Å². The minimum absolute atomic E-state index is 0.235. The molecule has 1 heterocycles. The average Bonchev–Trinajstić information content (AvgIpc) is 2.75. The lowest BCUT2D eigenvalue weighted by Gasteiger charge is -2.19. The first-order valence-electron chi connectivity index (χ1n) is 8.93. The lowest BCUT2D eigenvalue weighted by molar-refractivity contribution is -0.127. The molecule has 0 bridgehead atoms. The van der Waals surface area contributed by atoms with Crippen LogP contribution in [-0.2, 0) is 19.4 Å². The van der Waals surface area contributed by atoms with Crippen LogP contribution in [0.3, 0.4) is 0 Å². The van der Waals surface area contributed by atoms with Crippen molar-refractivity contribution in [2.75, 3.05) is 12.3 Å². The van der Waals surface area contributed by atoms with E-state index >= 15 is 0 Å². The summed E-state index contributed by atoms with van der Waals surface area (Å²) in [5, 5.41) is 5.31. The zero-order valence-electron chi connectivity index (χ0n) is 16.2. The van der Waals surface area contributed by atoms with Gasteiger partial charge in [-0.15, -0.1) is 0 Å². The number of carbonyl (C=O) groups is 2. The highest BCUT2D eigenvalue weighted by Gasteiger charge is 2.29. The van der Waals surface area contributed by atoms with Crippen molar-refractivity contribution in [1.82, 2.24) is 10.6 Å². The molecular weight excluding hydrogens is 352 g/mol. The van der Waals surface area contributed by atoms with E-state index < -0.39 is 27.5 Å². The maximum absolute atomic E-state index is 12.9. The summed E-state index contributed by atoms with van der Waals surface area (Å²) in [4.78, 5) is 24.5. The van der Waals surface area contributed by atoms with Crippen LogP contribution < -0.4 is 10.6 Å². The van der Waals surface area contributed by atoms with Gasteiger partial charge in [-0.1, -0.05) is 0 Å². The largest absolute Gasteiger partial charge is 0.354 e. The van der Waals surface area contributed by atoms with E-state index in [-0.39, 0.29) is 10.8 Å². The Morgan fingerprint density at radius 1 is 1.00 bits per heavy atom. The van der Waals surface area contributed by atoms with Crippen LogP contribution in [0, 0.1) is 34.6 Å². The highest BCUT2D eigenvalue weighted by atomic mass is 32.2. The molecule has 1 aromatic carbocycles. The third-order valence-corrected chi connectivity index (χ3v) is 7.31. The number of carbonyl (C=O) groups excluding carboxylic acids is 2. The Balaban J connectivity index is 2.26. The molecule has 0 spiro atoms. The normalized spacial score (nSPS) is 18.2. The minimum atomic E-state index is -3.80. The van der Waals surface area contributed by atoms with Crippen molar-refractivity contribution >= 4 is 21.7 Å². The van der Waals surface area contributed by atoms with Gasteiger partial charge in [0.2, 0.25) is 11.8 Å². The zero-order valence-corrected chi connectivity index (χ0v) is 17.0. The summed E-state index contributed by atoms with van der Waals surface area (Å²) in [6.07, 6.45) is 2.19. The summed E-state index contributed by atoms with van der Waals surface area (Å²) in [7, 11) is -3.80. The summed E-state index contributed by atoms with van der Waals surface area (Å²) in [5.41, 5.74) is 4.29. The molecule has 7 heteroatoms. The van der Waals surface area contributed by atoms with Crippen LogP contribution >= 0.6 is 0 Å². The fourth-order valence-corrected chi connectivity index (χ4v) is 5.30. The molecule has 1 atom stereocenters. The van der Waals surface area contributed by atoms with E-state index in [4.69, 9.17) is 0 Å². The Kier molecular flexibility index (Phi) is 6.11. The summed E-state index contributed by atoms with van der Waals surface area (Å²) in [6, 6.07) is -0.663. The quantitative estimate of drug-likeness (QED) is 0.833. The zero-order chi connectivity index (χ0) is 19.6. The topological polar surface area (TPSA) is 92.3 Å². The van der Waals surface area contributed by atoms with E-state index in [0.29, 0.717) is 24.1 Å². The van der Waals surface area contributed by atoms with Gasteiger partial charge in [-0.3, -0.25) is 9.59 Å². The first-order chi connectivity index (χ1) is 12.1. The molecule has 0 unspecified atom stereocenters. The van der Waals surface area contributed by atoms with Crippen LogP contribution in [0.15, 0.2) is 4.90 Å². The van der Waals surface area contributed by atoms with Crippen LogP contribution in [-0.4, -0.2) is 38.6 Å². The number of hydrogen-bond donors (Lipinski definition) is 2. The number of nitrogens with one attached hydrogen (secondary N) is 2. The average molecular weight is 381 g/mol. The predicted octanol–water partition coefficient (Wildman–Crippen LogP) is 1.79. The van der Waals surface area contributed by atoms with Crippen LogP contribution in [0.2, 0.25) is 0 Å². The van der Waals surface area contributed by atoms with Crippen molar-refractivity contribution in [3.05, 3.63) is 27.8 Å². The molecule has 1 saturated heterocycles. The minimum Gasteiger partial charge on any atom is -0.354 e. The Labute approximate surface area is 155 Å². The molecule has 144 valence electrons. The van der Waals surface area contributed by atoms with Crippen LogP contribution in [0.25, 0.3) is 0 Å². The predicted molar refractivity (Wildman–Crippen MR) is 101 cm³/mol. The number of hydrogen-bond acceptors (Lipinski definition) is 4. The molecule has 1 fully saturated rings. The fraction of sp³-hybridized carbons (Fsp3) is 0.579. The molecule has 0 aromatic heterocycles. The smallest absolute Gasteiger partial charge is 0.242 e. The van der Waals surface area contributed by atoms with Gasteiger partial charge >= 0.3 is 0 Å². The molecule has 26 heavy (non-hydrogen) atoms. The number of amides is 2. The van der Waals surface area contributed by atoms with Gasteiger partial charge in [0, 0.05) is 6.54 Å². The van der Waals surface area contributed by atoms with Crippen LogP contribution in [0.1, 0.15) is 47.1 Å². The van der Waals surface area contributed by atoms with Crippen molar-refractivity contribution in [1.29, 1.82) is 0 Å². The lowest BCUT2D eigenvalue weighted by Crippen LogP contribution is -2.47. The molecule has 1 aromatic rings. The van der Waals surface area contributed by atoms with Crippen molar-refractivity contribution < 1.29 is 18.0 Å².